The topological polar surface area (TPSA) is 43.1 Å². The Morgan fingerprint density at radius 1 is 1.36 bits per heavy atom. The molecule has 1 aromatic rings. The molecule has 4 heteroatoms. The quantitative estimate of drug-likeness (QED) is 0.837. The standard InChI is InChI=1S/C18H22FNOSi/c1-11-9-12-13(10-11)15(19)7-6-14(12)18(17(20)21)8-4-5-16(18)22(2)3/h6-7,9H,4-5,8,10H2,1-3H3,(H2,20,21). The number of halogens is 1. The van der Waals surface area contributed by atoms with Crippen LogP contribution in [0, 0.1) is 5.82 Å². The molecule has 2 aliphatic carbocycles. The van der Waals surface area contributed by atoms with Gasteiger partial charge in [0.25, 0.3) is 0 Å². The molecule has 0 saturated heterocycles. The van der Waals surface area contributed by atoms with Gasteiger partial charge in [-0.1, -0.05) is 36.0 Å². The van der Waals surface area contributed by atoms with Crippen LogP contribution in [0.5, 0.6) is 0 Å². The van der Waals surface area contributed by atoms with E-state index in [2.05, 4.69) is 13.1 Å². The van der Waals surface area contributed by atoms with E-state index in [9.17, 15) is 9.18 Å². The van der Waals surface area contributed by atoms with E-state index < -0.39 is 13.8 Å². The van der Waals surface area contributed by atoms with Crippen molar-refractivity contribution in [3.63, 3.8) is 0 Å². The van der Waals surface area contributed by atoms with Gasteiger partial charge < -0.3 is 5.73 Å². The Bertz CT molecular complexity index is 731. The molecule has 0 spiro atoms. The third-order valence-corrected chi connectivity index (χ3v) is 7.01. The smallest absolute Gasteiger partial charge is 0.231 e. The zero-order valence-electron chi connectivity index (χ0n) is 13.4. The molecule has 1 unspecified atom stereocenters. The van der Waals surface area contributed by atoms with Crippen LogP contribution in [0.3, 0.4) is 0 Å². The molecule has 116 valence electrons. The Kier molecular flexibility index (Phi) is 3.67. The van der Waals surface area contributed by atoms with Gasteiger partial charge in [-0.2, -0.15) is 0 Å². The summed E-state index contributed by atoms with van der Waals surface area (Å²) in [7, 11) is -0.748. The normalized spacial score (nSPS) is 23.5. The van der Waals surface area contributed by atoms with Crippen LogP contribution in [0.1, 0.15) is 42.9 Å². The summed E-state index contributed by atoms with van der Waals surface area (Å²) in [6.07, 6.45) is 5.39. The average Bonchev–Trinajstić information content (AvgIpc) is 3.03. The molecule has 0 radical (unpaired) electrons. The highest BCUT2D eigenvalue weighted by Crippen LogP contribution is 2.44. The van der Waals surface area contributed by atoms with E-state index >= 15 is 0 Å². The Morgan fingerprint density at radius 3 is 2.73 bits per heavy atom. The molecular formula is C18H22FNOSi. The van der Waals surface area contributed by atoms with Crippen molar-refractivity contribution >= 4 is 25.6 Å². The van der Waals surface area contributed by atoms with Crippen molar-refractivity contribution in [1.82, 2.24) is 0 Å². The minimum absolute atomic E-state index is 0.176. The van der Waals surface area contributed by atoms with Gasteiger partial charge in [-0.25, -0.2) is 4.39 Å². The van der Waals surface area contributed by atoms with Gasteiger partial charge in [0.2, 0.25) is 5.91 Å². The summed E-state index contributed by atoms with van der Waals surface area (Å²) in [5, 5.41) is 1.30. The predicted octanol–water partition coefficient (Wildman–Crippen LogP) is 3.20. The van der Waals surface area contributed by atoms with Crippen molar-refractivity contribution in [2.45, 2.75) is 51.1 Å². The second kappa shape index (κ2) is 5.27. The summed E-state index contributed by atoms with van der Waals surface area (Å²) in [5.74, 6) is -0.442. The lowest BCUT2D eigenvalue weighted by Gasteiger charge is -2.31. The molecule has 1 saturated carbocycles. The first-order chi connectivity index (χ1) is 10.4. The fourth-order valence-electron chi connectivity index (χ4n) is 4.20. The first-order valence-corrected chi connectivity index (χ1v) is 10.3. The molecule has 3 rings (SSSR count). The van der Waals surface area contributed by atoms with Gasteiger partial charge >= 0.3 is 0 Å². The second-order valence-electron chi connectivity index (χ2n) is 6.76. The number of rotatable bonds is 2. The molecule has 1 aromatic carbocycles. The molecule has 22 heavy (non-hydrogen) atoms. The largest absolute Gasteiger partial charge is 0.369 e. The van der Waals surface area contributed by atoms with Crippen molar-refractivity contribution in [2.75, 3.05) is 0 Å². The number of carbonyl (C=O) groups excluding carboxylic acids is 1. The third-order valence-electron chi connectivity index (χ3n) is 5.12. The molecule has 0 heterocycles. The molecule has 2 aliphatic rings. The fraction of sp³-hybridized carbons (Fsp3) is 0.444. The van der Waals surface area contributed by atoms with Crippen LogP contribution in [0.4, 0.5) is 4.39 Å². The maximum absolute atomic E-state index is 14.2. The van der Waals surface area contributed by atoms with E-state index in [-0.39, 0.29) is 11.7 Å². The highest BCUT2D eigenvalue weighted by Gasteiger charge is 2.47. The zero-order valence-corrected chi connectivity index (χ0v) is 14.4. The number of fused-ring (bicyclic) bond motifs is 1. The lowest BCUT2D eigenvalue weighted by atomic mass is 9.75. The Morgan fingerprint density at radius 2 is 2.09 bits per heavy atom. The lowest BCUT2D eigenvalue weighted by molar-refractivity contribution is -0.121. The van der Waals surface area contributed by atoms with Gasteiger partial charge in [-0.3, -0.25) is 4.79 Å². The second-order valence-corrected chi connectivity index (χ2v) is 9.36. The van der Waals surface area contributed by atoms with Gasteiger partial charge in [0, 0.05) is 8.41 Å². The maximum Gasteiger partial charge on any atom is 0.231 e. The zero-order chi connectivity index (χ0) is 16.1. The van der Waals surface area contributed by atoms with Crippen LogP contribution in [0.25, 0.3) is 6.08 Å². The summed E-state index contributed by atoms with van der Waals surface area (Å²) in [5.41, 5.74) is 8.92. The van der Waals surface area contributed by atoms with Crippen LogP contribution in [0.15, 0.2) is 17.7 Å². The number of carbonyl (C=O) groups is 1. The van der Waals surface area contributed by atoms with Gasteiger partial charge in [-0.05, 0) is 55.4 Å². The summed E-state index contributed by atoms with van der Waals surface area (Å²) in [4.78, 5) is 12.5. The van der Waals surface area contributed by atoms with Crippen LogP contribution >= 0.6 is 0 Å². The number of hydrogen-bond acceptors (Lipinski definition) is 1. The Balaban J connectivity index is 2.32. The van der Waals surface area contributed by atoms with E-state index in [1.807, 2.05) is 13.0 Å². The number of nitrogens with two attached hydrogens (primary N) is 1. The highest BCUT2D eigenvalue weighted by molar-refractivity contribution is 6.72. The van der Waals surface area contributed by atoms with Crippen LogP contribution in [0.2, 0.25) is 13.1 Å². The molecule has 1 fully saturated rings. The molecule has 0 bridgehead atoms. The van der Waals surface area contributed by atoms with Crippen LogP contribution in [-0.4, -0.2) is 19.5 Å². The monoisotopic (exact) mass is 315 g/mol. The number of allylic oxidation sites excluding steroid dienone is 1. The van der Waals surface area contributed by atoms with Gasteiger partial charge in [-0.15, -0.1) is 0 Å². The summed E-state index contributed by atoms with van der Waals surface area (Å²) in [6.45, 7) is 6.44. The first-order valence-electron chi connectivity index (χ1n) is 7.83. The molecule has 2 nitrogen and oxygen atoms in total. The average molecular weight is 315 g/mol. The van der Waals surface area contributed by atoms with Crippen molar-refractivity contribution in [2.24, 2.45) is 5.73 Å². The maximum atomic E-state index is 14.2. The van der Waals surface area contributed by atoms with Crippen molar-refractivity contribution < 1.29 is 9.18 Å². The Hall–Kier alpha value is -1.55. The highest BCUT2D eigenvalue weighted by atomic mass is 28.2. The molecule has 1 amide bonds. The lowest BCUT2D eigenvalue weighted by Crippen LogP contribution is -2.47. The molecule has 0 aromatic heterocycles. The number of benzene rings is 1. The summed E-state index contributed by atoms with van der Waals surface area (Å²) in [6, 6.07) is 3.31. The van der Waals surface area contributed by atoms with Crippen LogP contribution < -0.4 is 5.73 Å². The van der Waals surface area contributed by atoms with Gasteiger partial charge in [0.15, 0.2) is 0 Å². The van der Waals surface area contributed by atoms with E-state index in [4.69, 9.17) is 5.73 Å². The predicted molar refractivity (Wildman–Crippen MR) is 91.0 cm³/mol. The van der Waals surface area contributed by atoms with Crippen molar-refractivity contribution in [3.05, 3.63) is 40.2 Å². The van der Waals surface area contributed by atoms with Gasteiger partial charge in [0.05, 0.1) is 5.41 Å². The SMILES string of the molecule is CC1=Cc2c(C3(C(N)=O)CCCC3=[Si](C)C)ccc(F)c2C1. The van der Waals surface area contributed by atoms with Crippen LogP contribution in [-0.2, 0) is 16.6 Å². The molecule has 2 N–H and O–H groups in total. The van der Waals surface area contributed by atoms with E-state index in [0.29, 0.717) is 6.42 Å². The fourth-order valence-corrected chi connectivity index (χ4v) is 6.12. The minimum Gasteiger partial charge on any atom is -0.369 e. The number of hydrogen-bond donors (Lipinski definition) is 1. The number of primary amides is 1. The Labute approximate surface area is 132 Å². The van der Waals surface area contributed by atoms with E-state index in [1.54, 1.807) is 6.07 Å². The molecular weight excluding hydrogens is 293 g/mol. The number of amides is 1. The van der Waals surface area contributed by atoms with E-state index in [0.717, 1.165) is 41.5 Å². The molecule has 0 aliphatic heterocycles. The van der Waals surface area contributed by atoms with Crippen molar-refractivity contribution in [3.8, 4) is 0 Å². The third kappa shape index (κ3) is 2.04. The molecule has 1 atom stereocenters. The van der Waals surface area contributed by atoms with Crippen molar-refractivity contribution in [1.29, 1.82) is 0 Å². The minimum atomic E-state index is -0.748. The van der Waals surface area contributed by atoms with E-state index in [1.165, 1.54) is 11.2 Å². The first kappa shape index (κ1) is 15.3. The summed E-state index contributed by atoms with van der Waals surface area (Å²) >= 11 is 0. The summed E-state index contributed by atoms with van der Waals surface area (Å²) < 4.78 is 14.2. The van der Waals surface area contributed by atoms with Gasteiger partial charge in [0.1, 0.15) is 5.82 Å².